The van der Waals surface area contributed by atoms with Gasteiger partial charge in [0.25, 0.3) is 0 Å². The molecule has 1 spiro atoms. The van der Waals surface area contributed by atoms with Crippen LogP contribution in [-0.4, -0.2) is 62.0 Å². The predicted octanol–water partition coefficient (Wildman–Crippen LogP) is 1.79. The first-order valence-electron chi connectivity index (χ1n) is 8.50. The molecule has 3 aliphatic heterocycles. The molecule has 3 fully saturated rings. The summed E-state index contributed by atoms with van der Waals surface area (Å²) in [5.41, 5.74) is 0.123. The molecule has 0 aromatic heterocycles. The lowest BCUT2D eigenvalue weighted by molar-refractivity contribution is -0.151. The zero-order valence-corrected chi connectivity index (χ0v) is 12.9. The summed E-state index contributed by atoms with van der Waals surface area (Å²) < 4.78 is 11.7. The summed E-state index contributed by atoms with van der Waals surface area (Å²) in [4.78, 5) is 2.70. The van der Waals surface area contributed by atoms with E-state index in [9.17, 15) is 0 Å². The van der Waals surface area contributed by atoms with Gasteiger partial charge in [-0.1, -0.05) is 6.92 Å². The molecule has 2 unspecified atom stereocenters. The first-order valence-corrected chi connectivity index (χ1v) is 8.50. The van der Waals surface area contributed by atoms with Gasteiger partial charge in [0, 0.05) is 38.4 Å². The molecule has 4 nitrogen and oxygen atoms in total. The number of likely N-dealkylation sites (N-methyl/N-ethyl adjacent to an activating group) is 1. The standard InChI is InChI=1S/C16H30N2O2/c1-2-18(13-14-4-3-8-17-14)15-5-9-20-16(12-15)6-10-19-11-7-16/h14-15,17H,2-13H2,1H3. The lowest BCUT2D eigenvalue weighted by Gasteiger charge is -2.46. The number of hydrogen-bond donors (Lipinski definition) is 1. The van der Waals surface area contributed by atoms with Crippen LogP contribution in [0.2, 0.25) is 0 Å². The highest BCUT2D eigenvalue weighted by molar-refractivity contribution is 4.93. The average Bonchev–Trinajstić information content (AvgIpc) is 2.98. The van der Waals surface area contributed by atoms with E-state index < -0.39 is 0 Å². The van der Waals surface area contributed by atoms with Crippen LogP contribution >= 0.6 is 0 Å². The van der Waals surface area contributed by atoms with E-state index in [1.54, 1.807) is 0 Å². The minimum atomic E-state index is 0.123. The van der Waals surface area contributed by atoms with Gasteiger partial charge in [-0.2, -0.15) is 0 Å². The van der Waals surface area contributed by atoms with Gasteiger partial charge in [-0.3, -0.25) is 4.90 Å². The lowest BCUT2D eigenvalue weighted by Crippen LogP contribution is -2.53. The molecule has 3 saturated heterocycles. The summed E-state index contributed by atoms with van der Waals surface area (Å²) >= 11 is 0. The molecule has 2 atom stereocenters. The molecule has 3 aliphatic rings. The first-order chi connectivity index (χ1) is 9.81. The van der Waals surface area contributed by atoms with Crippen LogP contribution in [0.3, 0.4) is 0 Å². The van der Waals surface area contributed by atoms with Crippen LogP contribution in [0.1, 0.15) is 45.4 Å². The van der Waals surface area contributed by atoms with Gasteiger partial charge in [-0.05, 0) is 51.6 Å². The van der Waals surface area contributed by atoms with Crippen LogP contribution in [-0.2, 0) is 9.47 Å². The highest BCUT2D eigenvalue weighted by atomic mass is 16.5. The molecule has 0 aromatic rings. The van der Waals surface area contributed by atoms with Crippen LogP contribution in [0.5, 0.6) is 0 Å². The maximum atomic E-state index is 6.18. The molecule has 116 valence electrons. The Hall–Kier alpha value is -0.160. The molecular weight excluding hydrogens is 252 g/mol. The molecule has 0 bridgehead atoms. The molecular formula is C16H30N2O2. The Balaban J connectivity index is 1.58. The molecule has 3 heterocycles. The van der Waals surface area contributed by atoms with Crippen LogP contribution < -0.4 is 5.32 Å². The van der Waals surface area contributed by atoms with Crippen LogP contribution in [0.25, 0.3) is 0 Å². The predicted molar refractivity (Wildman–Crippen MR) is 80.0 cm³/mol. The van der Waals surface area contributed by atoms with E-state index in [1.807, 2.05) is 0 Å². The SMILES string of the molecule is CCN(CC1CCCN1)C1CCOC2(CCOCC2)C1. The molecule has 4 heteroatoms. The Morgan fingerprint density at radius 1 is 1.20 bits per heavy atom. The maximum Gasteiger partial charge on any atom is 0.0741 e. The number of nitrogens with one attached hydrogen (secondary N) is 1. The van der Waals surface area contributed by atoms with Crippen LogP contribution in [0.15, 0.2) is 0 Å². The third kappa shape index (κ3) is 3.35. The normalized spacial score (nSPS) is 33.9. The van der Waals surface area contributed by atoms with Gasteiger partial charge < -0.3 is 14.8 Å². The maximum absolute atomic E-state index is 6.18. The number of rotatable bonds is 4. The Bertz CT molecular complexity index is 293. The summed E-state index contributed by atoms with van der Waals surface area (Å²) in [6.07, 6.45) is 7.27. The zero-order chi connectivity index (χ0) is 13.8. The van der Waals surface area contributed by atoms with Gasteiger partial charge in [0.2, 0.25) is 0 Å². The highest BCUT2D eigenvalue weighted by Gasteiger charge is 2.40. The van der Waals surface area contributed by atoms with Crippen molar-refractivity contribution in [2.24, 2.45) is 0 Å². The van der Waals surface area contributed by atoms with Gasteiger partial charge >= 0.3 is 0 Å². The van der Waals surface area contributed by atoms with Gasteiger partial charge in [-0.15, -0.1) is 0 Å². The number of hydrogen-bond acceptors (Lipinski definition) is 4. The summed E-state index contributed by atoms with van der Waals surface area (Å²) in [6, 6.07) is 1.41. The third-order valence-electron chi connectivity index (χ3n) is 5.41. The Labute approximate surface area is 123 Å². The Morgan fingerprint density at radius 2 is 2.05 bits per heavy atom. The van der Waals surface area contributed by atoms with Gasteiger partial charge in [0.15, 0.2) is 0 Å². The Kier molecular flexibility index (Phi) is 4.97. The molecule has 1 N–H and O–H groups in total. The topological polar surface area (TPSA) is 33.7 Å². The number of ether oxygens (including phenoxy) is 2. The molecule has 20 heavy (non-hydrogen) atoms. The van der Waals surface area contributed by atoms with Crippen molar-refractivity contribution < 1.29 is 9.47 Å². The molecule has 0 aromatic carbocycles. The number of nitrogens with zero attached hydrogens (tertiary/aromatic N) is 1. The summed E-state index contributed by atoms with van der Waals surface area (Å²) in [6.45, 7) is 8.58. The smallest absolute Gasteiger partial charge is 0.0741 e. The van der Waals surface area contributed by atoms with Crippen molar-refractivity contribution in [3.05, 3.63) is 0 Å². The monoisotopic (exact) mass is 282 g/mol. The van der Waals surface area contributed by atoms with Crippen molar-refractivity contribution in [2.45, 2.75) is 63.1 Å². The van der Waals surface area contributed by atoms with Crippen molar-refractivity contribution in [1.29, 1.82) is 0 Å². The minimum absolute atomic E-state index is 0.123. The second-order valence-corrected chi connectivity index (χ2v) is 6.67. The zero-order valence-electron chi connectivity index (χ0n) is 12.9. The summed E-state index contributed by atoms with van der Waals surface area (Å²) in [5, 5.41) is 3.64. The van der Waals surface area contributed by atoms with E-state index in [4.69, 9.17) is 9.47 Å². The molecule has 0 saturated carbocycles. The average molecular weight is 282 g/mol. The highest BCUT2D eigenvalue weighted by Crippen LogP contribution is 2.36. The minimum Gasteiger partial charge on any atom is -0.381 e. The van der Waals surface area contributed by atoms with Gasteiger partial charge in [-0.25, -0.2) is 0 Å². The van der Waals surface area contributed by atoms with E-state index in [0.717, 1.165) is 39.2 Å². The first kappa shape index (κ1) is 14.8. The van der Waals surface area contributed by atoms with Crippen molar-refractivity contribution in [3.8, 4) is 0 Å². The van der Waals surface area contributed by atoms with E-state index in [1.165, 1.54) is 38.8 Å². The second kappa shape index (κ2) is 6.73. The quantitative estimate of drug-likeness (QED) is 0.852. The second-order valence-electron chi connectivity index (χ2n) is 6.67. The summed E-state index contributed by atoms with van der Waals surface area (Å²) in [5.74, 6) is 0. The largest absolute Gasteiger partial charge is 0.381 e. The van der Waals surface area contributed by atoms with E-state index in [2.05, 4.69) is 17.1 Å². The van der Waals surface area contributed by atoms with Gasteiger partial charge in [0.1, 0.15) is 0 Å². The molecule has 3 rings (SSSR count). The van der Waals surface area contributed by atoms with Gasteiger partial charge in [0.05, 0.1) is 5.60 Å². The fraction of sp³-hybridized carbons (Fsp3) is 1.00. The molecule has 0 amide bonds. The fourth-order valence-electron chi connectivity index (χ4n) is 4.14. The van der Waals surface area contributed by atoms with Crippen molar-refractivity contribution in [3.63, 3.8) is 0 Å². The van der Waals surface area contributed by atoms with E-state index in [-0.39, 0.29) is 5.60 Å². The fourth-order valence-corrected chi connectivity index (χ4v) is 4.14. The van der Waals surface area contributed by atoms with E-state index >= 15 is 0 Å². The summed E-state index contributed by atoms with van der Waals surface area (Å²) in [7, 11) is 0. The van der Waals surface area contributed by atoms with Crippen LogP contribution in [0, 0.1) is 0 Å². The molecule has 0 radical (unpaired) electrons. The van der Waals surface area contributed by atoms with Crippen molar-refractivity contribution >= 4 is 0 Å². The van der Waals surface area contributed by atoms with Crippen molar-refractivity contribution in [2.75, 3.05) is 39.5 Å². The lowest BCUT2D eigenvalue weighted by atomic mass is 9.83. The van der Waals surface area contributed by atoms with Crippen LogP contribution in [0.4, 0.5) is 0 Å². The molecule has 0 aliphatic carbocycles. The Morgan fingerprint density at radius 3 is 2.75 bits per heavy atom. The third-order valence-corrected chi connectivity index (χ3v) is 5.41. The van der Waals surface area contributed by atoms with Crippen molar-refractivity contribution in [1.82, 2.24) is 10.2 Å². The van der Waals surface area contributed by atoms with E-state index in [0.29, 0.717) is 12.1 Å².